The zero-order valence-corrected chi connectivity index (χ0v) is 8.96. The predicted octanol–water partition coefficient (Wildman–Crippen LogP) is -0.159. The molecule has 0 unspecified atom stereocenters. The summed E-state index contributed by atoms with van der Waals surface area (Å²) in [5, 5.41) is 0. The predicted molar refractivity (Wildman–Crippen MR) is 36.5 cm³/mol. The molecule has 0 amide bonds. The van der Waals surface area contributed by atoms with E-state index in [1.165, 1.54) is 0 Å². The van der Waals surface area contributed by atoms with Gasteiger partial charge in [-0.3, -0.25) is 0 Å². The molecule has 0 fully saturated rings. The summed E-state index contributed by atoms with van der Waals surface area (Å²) in [6.07, 6.45) is 4.69. The van der Waals surface area contributed by atoms with Gasteiger partial charge in [-0.15, -0.1) is 0 Å². The molecule has 2 heterocycles. The van der Waals surface area contributed by atoms with E-state index in [9.17, 15) is 0 Å². The van der Waals surface area contributed by atoms with Crippen LogP contribution in [0.1, 0.15) is 0 Å². The molecule has 0 aromatic carbocycles. The SMILES string of the molecule is [C-]1=NCCO1.[C-]1=NCCO1.[Y]. The number of hydrogen-bond donors (Lipinski definition) is 0. The number of hydrogen-bond acceptors (Lipinski definition) is 4. The molecule has 0 aromatic rings. The van der Waals surface area contributed by atoms with Gasteiger partial charge >= 0.3 is 0 Å². The van der Waals surface area contributed by atoms with Gasteiger partial charge < -0.3 is 19.5 Å². The van der Waals surface area contributed by atoms with Crippen molar-refractivity contribution in [3.8, 4) is 0 Å². The minimum Gasteiger partial charge on any atom is -0.674 e. The summed E-state index contributed by atoms with van der Waals surface area (Å²) >= 11 is 0. The molecule has 0 spiro atoms. The molecular weight excluding hydrogens is 221 g/mol. The average molecular weight is 229 g/mol. The summed E-state index contributed by atoms with van der Waals surface area (Å²) in [4.78, 5) is 7.22. The van der Waals surface area contributed by atoms with Crippen molar-refractivity contribution in [3.05, 3.63) is 0 Å². The summed E-state index contributed by atoms with van der Waals surface area (Å²) in [5.74, 6) is 0. The van der Waals surface area contributed by atoms with Crippen molar-refractivity contribution >= 4 is 12.8 Å². The first-order valence-electron chi connectivity index (χ1n) is 3.07. The van der Waals surface area contributed by atoms with Gasteiger partial charge in [-0.05, 0) is 0 Å². The Morgan fingerprint density at radius 2 is 1.36 bits per heavy atom. The topological polar surface area (TPSA) is 43.2 Å². The van der Waals surface area contributed by atoms with Crippen LogP contribution in [0.2, 0.25) is 0 Å². The van der Waals surface area contributed by atoms with Crippen molar-refractivity contribution in [1.82, 2.24) is 0 Å². The van der Waals surface area contributed by atoms with Gasteiger partial charge in [-0.25, -0.2) is 12.8 Å². The quantitative estimate of drug-likeness (QED) is 0.542. The van der Waals surface area contributed by atoms with Crippen LogP contribution in [0.15, 0.2) is 9.98 Å². The summed E-state index contributed by atoms with van der Waals surface area (Å²) < 4.78 is 9.06. The van der Waals surface area contributed by atoms with E-state index in [1.807, 2.05) is 0 Å². The Bertz CT molecular complexity index is 111. The molecule has 2 aliphatic rings. The Hall–Kier alpha value is 0.0439. The Balaban J connectivity index is 0.000000167. The fourth-order valence-electron chi connectivity index (χ4n) is 0.456. The van der Waals surface area contributed by atoms with E-state index in [2.05, 4.69) is 32.3 Å². The van der Waals surface area contributed by atoms with Gasteiger partial charge in [0, 0.05) is 45.8 Å². The van der Waals surface area contributed by atoms with Crippen molar-refractivity contribution in [2.45, 2.75) is 0 Å². The smallest absolute Gasteiger partial charge is 0.0637 e. The second kappa shape index (κ2) is 8.14. The maximum absolute atomic E-state index is 4.53. The Morgan fingerprint density at radius 1 is 0.909 bits per heavy atom. The monoisotopic (exact) mass is 229 g/mol. The van der Waals surface area contributed by atoms with E-state index < -0.39 is 0 Å². The molecule has 0 bridgehead atoms. The van der Waals surface area contributed by atoms with E-state index in [4.69, 9.17) is 0 Å². The van der Waals surface area contributed by atoms with Crippen LogP contribution in [-0.2, 0) is 42.2 Å². The second-order valence-electron chi connectivity index (χ2n) is 1.64. The van der Waals surface area contributed by atoms with E-state index in [1.54, 1.807) is 0 Å². The van der Waals surface area contributed by atoms with E-state index in [0.29, 0.717) is 0 Å². The molecule has 59 valence electrons. The van der Waals surface area contributed by atoms with Gasteiger partial charge in [0.15, 0.2) is 0 Å². The fourth-order valence-corrected chi connectivity index (χ4v) is 0.456. The largest absolute Gasteiger partial charge is 0.674 e. The van der Waals surface area contributed by atoms with E-state index in [0.717, 1.165) is 26.3 Å². The summed E-state index contributed by atoms with van der Waals surface area (Å²) in [6, 6.07) is 0. The molecule has 0 atom stereocenters. The van der Waals surface area contributed by atoms with Crippen molar-refractivity contribution in [2.24, 2.45) is 9.98 Å². The van der Waals surface area contributed by atoms with Crippen LogP contribution in [0.3, 0.4) is 0 Å². The molecule has 2 rings (SSSR count). The maximum atomic E-state index is 4.53. The third-order valence-electron chi connectivity index (χ3n) is 0.869. The first-order valence-corrected chi connectivity index (χ1v) is 3.07. The molecule has 0 aromatic heterocycles. The van der Waals surface area contributed by atoms with E-state index >= 15 is 0 Å². The summed E-state index contributed by atoms with van der Waals surface area (Å²) in [7, 11) is 0. The van der Waals surface area contributed by atoms with Crippen LogP contribution < -0.4 is 0 Å². The zero-order chi connectivity index (χ0) is 7.07. The second-order valence-corrected chi connectivity index (χ2v) is 1.64. The van der Waals surface area contributed by atoms with Crippen LogP contribution in [0, 0.1) is 0 Å². The van der Waals surface area contributed by atoms with Crippen molar-refractivity contribution in [1.29, 1.82) is 0 Å². The van der Waals surface area contributed by atoms with Crippen LogP contribution >= 0.6 is 0 Å². The number of nitrogens with zero attached hydrogens (tertiary/aromatic N) is 2. The van der Waals surface area contributed by atoms with E-state index in [-0.39, 0.29) is 32.7 Å². The van der Waals surface area contributed by atoms with Gasteiger partial charge in [0.2, 0.25) is 0 Å². The van der Waals surface area contributed by atoms with Gasteiger partial charge in [-0.1, -0.05) is 0 Å². The molecule has 1 radical (unpaired) electrons. The Kier molecular flexibility index (Phi) is 8.18. The summed E-state index contributed by atoms with van der Waals surface area (Å²) in [6.45, 7) is 3.03. The minimum absolute atomic E-state index is 0. The van der Waals surface area contributed by atoms with Crippen LogP contribution in [0.25, 0.3) is 0 Å². The normalized spacial score (nSPS) is 17.5. The Morgan fingerprint density at radius 3 is 1.45 bits per heavy atom. The third kappa shape index (κ3) is 6.44. The standard InChI is InChI=1S/2C3H4NO.Y/c2*1-2-5-3-4-1;/h2*1-2H2;/q2*-1;. The molecule has 0 saturated carbocycles. The molecule has 11 heavy (non-hydrogen) atoms. The van der Waals surface area contributed by atoms with Gasteiger partial charge in [0.25, 0.3) is 0 Å². The van der Waals surface area contributed by atoms with Crippen molar-refractivity contribution < 1.29 is 42.2 Å². The van der Waals surface area contributed by atoms with Crippen LogP contribution in [0.5, 0.6) is 0 Å². The molecule has 5 heteroatoms. The molecule has 0 saturated heterocycles. The van der Waals surface area contributed by atoms with Crippen molar-refractivity contribution in [3.63, 3.8) is 0 Å². The third-order valence-corrected chi connectivity index (χ3v) is 0.869. The molecule has 0 aliphatic carbocycles. The molecule has 2 aliphatic heterocycles. The average Bonchev–Trinajstić information content (AvgIpc) is 2.67. The zero-order valence-electron chi connectivity index (χ0n) is 6.12. The fraction of sp³-hybridized carbons (Fsp3) is 0.667. The van der Waals surface area contributed by atoms with Gasteiger partial charge in [-0.2, -0.15) is 0 Å². The van der Waals surface area contributed by atoms with Crippen molar-refractivity contribution in [2.75, 3.05) is 26.3 Å². The number of rotatable bonds is 0. The first-order chi connectivity index (χ1) is 5.00. The minimum atomic E-state index is 0. The Labute approximate surface area is 91.0 Å². The van der Waals surface area contributed by atoms with Crippen LogP contribution in [0.4, 0.5) is 0 Å². The van der Waals surface area contributed by atoms with Gasteiger partial charge in [0.1, 0.15) is 0 Å². The van der Waals surface area contributed by atoms with Gasteiger partial charge in [0.05, 0.1) is 13.2 Å². The summed E-state index contributed by atoms with van der Waals surface area (Å²) in [5.41, 5.74) is 0. The molecular formula is C6H8N2O2Y-2. The number of aliphatic imine (C=N–C) groups is 2. The first kappa shape index (κ1) is 11.0. The number of ether oxygens (including phenoxy) is 2. The molecule has 0 N–H and O–H groups in total. The maximum Gasteiger partial charge on any atom is 0.0637 e. The molecule has 4 nitrogen and oxygen atoms in total. The van der Waals surface area contributed by atoms with Crippen LogP contribution in [-0.4, -0.2) is 39.1 Å².